The summed E-state index contributed by atoms with van der Waals surface area (Å²) in [7, 11) is 0. The number of carbonyl (C=O) groups is 1. The molecule has 2 aromatic rings. The molecule has 0 saturated carbocycles. The smallest absolute Gasteiger partial charge is 0.247 e. The van der Waals surface area contributed by atoms with Crippen molar-refractivity contribution in [3.63, 3.8) is 0 Å². The molecule has 0 aliphatic heterocycles. The van der Waals surface area contributed by atoms with Crippen LogP contribution in [0.1, 0.15) is 10.4 Å². The molecule has 1 heterocycles. The summed E-state index contributed by atoms with van der Waals surface area (Å²) in [5.74, 6) is -0.223. The van der Waals surface area contributed by atoms with Crippen molar-refractivity contribution < 1.29 is 9.90 Å². The van der Waals surface area contributed by atoms with E-state index < -0.39 is 4.74 Å². The Hall–Kier alpha value is -1.68. The summed E-state index contributed by atoms with van der Waals surface area (Å²) < 4.78 is 0.275. The Labute approximate surface area is 83.2 Å². The van der Waals surface area contributed by atoms with Crippen molar-refractivity contribution in [3.05, 3.63) is 39.4 Å². The second-order valence-corrected chi connectivity index (χ2v) is 3.78. The van der Waals surface area contributed by atoms with Crippen LogP contribution in [0.5, 0.6) is 5.75 Å². The number of benzene rings is 1. The Morgan fingerprint density at radius 2 is 2.00 bits per heavy atom. The van der Waals surface area contributed by atoms with Crippen molar-refractivity contribution >= 4 is 27.7 Å². The van der Waals surface area contributed by atoms with Crippen LogP contribution in [0.3, 0.4) is 0 Å². The molecular weight excluding hydrogens is 200 g/mol. The SMILES string of the molecule is O=Cc1c(O)c2ccccc2sc1=O. The van der Waals surface area contributed by atoms with Crippen molar-refractivity contribution in [2.24, 2.45) is 0 Å². The molecule has 0 fully saturated rings. The fraction of sp³-hybridized carbons (Fsp3) is 0. The van der Waals surface area contributed by atoms with E-state index in [4.69, 9.17) is 0 Å². The second-order valence-electron chi connectivity index (χ2n) is 2.77. The molecule has 0 radical (unpaired) electrons. The molecule has 0 amide bonds. The minimum Gasteiger partial charge on any atom is -0.506 e. The van der Waals surface area contributed by atoms with E-state index >= 15 is 0 Å². The van der Waals surface area contributed by atoms with Gasteiger partial charge in [0.15, 0.2) is 6.29 Å². The number of fused-ring (bicyclic) bond motifs is 1. The molecule has 1 N–H and O–H groups in total. The number of aromatic hydroxyl groups is 1. The summed E-state index contributed by atoms with van der Waals surface area (Å²) >= 11 is 0.960. The van der Waals surface area contributed by atoms with Crippen LogP contribution in [0, 0.1) is 0 Å². The van der Waals surface area contributed by atoms with Gasteiger partial charge in [0.25, 0.3) is 0 Å². The molecule has 4 heteroatoms. The van der Waals surface area contributed by atoms with Gasteiger partial charge in [-0.1, -0.05) is 23.5 Å². The van der Waals surface area contributed by atoms with Crippen LogP contribution in [0.25, 0.3) is 10.1 Å². The normalized spacial score (nSPS) is 10.3. The first-order valence-corrected chi connectivity index (χ1v) is 4.75. The fourth-order valence-electron chi connectivity index (χ4n) is 1.25. The maximum Gasteiger partial charge on any atom is 0.247 e. The Balaban J connectivity index is 3.00. The van der Waals surface area contributed by atoms with E-state index in [0.717, 1.165) is 11.3 Å². The summed E-state index contributed by atoms with van der Waals surface area (Å²) in [6.45, 7) is 0. The molecule has 0 aliphatic carbocycles. The third kappa shape index (κ3) is 1.20. The molecule has 2 rings (SSSR count). The predicted octanol–water partition coefficient (Wildman–Crippen LogP) is 1.78. The largest absolute Gasteiger partial charge is 0.506 e. The highest BCUT2D eigenvalue weighted by molar-refractivity contribution is 7.16. The van der Waals surface area contributed by atoms with E-state index in [0.29, 0.717) is 16.4 Å². The van der Waals surface area contributed by atoms with Gasteiger partial charge >= 0.3 is 0 Å². The van der Waals surface area contributed by atoms with Crippen molar-refractivity contribution in [3.8, 4) is 5.75 Å². The van der Waals surface area contributed by atoms with Crippen LogP contribution in [0.15, 0.2) is 29.1 Å². The lowest BCUT2D eigenvalue weighted by atomic mass is 10.2. The standard InChI is InChI=1S/C10H6O3S/c11-5-7-9(12)6-3-1-2-4-8(6)14-10(7)13/h1-5,12H. The fourth-order valence-corrected chi connectivity index (χ4v) is 2.13. The molecule has 3 nitrogen and oxygen atoms in total. The first-order valence-electron chi connectivity index (χ1n) is 3.94. The van der Waals surface area contributed by atoms with Crippen LogP contribution in [-0.2, 0) is 0 Å². The second kappa shape index (κ2) is 3.23. The average Bonchev–Trinajstić information content (AvgIpc) is 2.18. The van der Waals surface area contributed by atoms with Gasteiger partial charge < -0.3 is 5.11 Å². The van der Waals surface area contributed by atoms with Gasteiger partial charge in [0, 0.05) is 10.1 Å². The van der Waals surface area contributed by atoms with Crippen molar-refractivity contribution in [1.82, 2.24) is 0 Å². The number of carbonyl (C=O) groups excluding carboxylic acids is 1. The number of hydrogen-bond donors (Lipinski definition) is 1. The summed E-state index contributed by atoms with van der Waals surface area (Å²) in [6, 6.07) is 6.93. The van der Waals surface area contributed by atoms with Crippen LogP contribution in [-0.4, -0.2) is 11.4 Å². The summed E-state index contributed by atoms with van der Waals surface area (Å²) in [6.07, 6.45) is 0.389. The zero-order chi connectivity index (χ0) is 10.1. The van der Waals surface area contributed by atoms with Gasteiger partial charge in [-0.25, -0.2) is 0 Å². The molecule has 0 aliphatic rings. The third-order valence-electron chi connectivity index (χ3n) is 1.94. The highest BCUT2D eigenvalue weighted by Gasteiger charge is 2.10. The van der Waals surface area contributed by atoms with Gasteiger partial charge in [-0.2, -0.15) is 0 Å². The van der Waals surface area contributed by atoms with Gasteiger partial charge in [0.1, 0.15) is 11.3 Å². The number of hydrogen-bond acceptors (Lipinski definition) is 4. The molecule has 0 atom stereocenters. The van der Waals surface area contributed by atoms with E-state index in [1.165, 1.54) is 0 Å². The Bertz CT molecular complexity index is 557. The van der Waals surface area contributed by atoms with E-state index in [9.17, 15) is 14.7 Å². The topological polar surface area (TPSA) is 54.4 Å². The van der Waals surface area contributed by atoms with Gasteiger partial charge in [-0.05, 0) is 12.1 Å². The molecule has 0 unspecified atom stereocenters. The minimum atomic E-state index is -0.406. The first-order chi connectivity index (χ1) is 6.74. The van der Waals surface area contributed by atoms with Crippen LogP contribution >= 0.6 is 11.3 Å². The average molecular weight is 206 g/mol. The Morgan fingerprint density at radius 1 is 1.29 bits per heavy atom. The molecule has 14 heavy (non-hydrogen) atoms. The summed E-state index contributed by atoms with van der Waals surface area (Å²) in [5.41, 5.74) is -0.159. The van der Waals surface area contributed by atoms with Gasteiger partial charge in [-0.15, -0.1) is 0 Å². The summed E-state index contributed by atoms with van der Waals surface area (Å²) in [4.78, 5) is 21.9. The van der Waals surface area contributed by atoms with Crippen LogP contribution in [0.2, 0.25) is 0 Å². The van der Waals surface area contributed by atoms with Crippen molar-refractivity contribution in [1.29, 1.82) is 0 Å². The summed E-state index contributed by atoms with van der Waals surface area (Å²) in [5, 5.41) is 10.1. The number of aldehydes is 1. The monoisotopic (exact) mass is 206 g/mol. The first kappa shape index (κ1) is 8.90. The highest BCUT2D eigenvalue weighted by Crippen LogP contribution is 2.27. The van der Waals surface area contributed by atoms with Crippen LogP contribution < -0.4 is 4.74 Å². The maximum atomic E-state index is 11.3. The molecule has 0 bridgehead atoms. The van der Waals surface area contributed by atoms with E-state index in [1.54, 1.807) is 24.3 Å². The van der Waals surface area contributed by atoms with Gasteiger partial charge in [-0.3, -0.25) is 9.59 Å². The van der Waals surface area contributed by atoms with E-state index in [-0.39, 0.29) is 11.3 Å². The molecule has 70 valence electrons. The van der Waals surface area contributed by atoms with Crippen molar-refractivity contribution in [2.75, 3.05) is 0 Å². The third-order valence-corrected chi connectivity index (χ3v) is 2.92. The highest BCUT2D eigenvalue weighted by atomic mass is 32.1. The quantitative estimate of drug-likeness (QED) is 0.723. The Morgan fingerprint density at radius 3 is 2.71 bits per heavy atom. The molecule has 1 aromatic heterocycles. The van der Waals surface area contributed by atoms with E-state index in [1.807, 2.05) is 0 Å². The predicted molar refractivity (Wildman–Crippen MR) is 55.1 cm³/mol. The van der Waals surface area contributed by atoms with Gasteiger partial charge in [0.2, 0.25) is 4.74 Å². The number of rotatable bonds is 1. The van der Waals surface area contributed by atoms with Crippen molar-refractivity contribution in [2.45, 2.75) is 0 Å². The lowest BCUT2D eigenvalue weighted by Crippen LogP contribution is -2.02. The molecule has 1 aromatic carbocycles. The van der Waals surface area contributed by atoms with Gasteiger partial charge in [0.05, 0.1) is 0 Å². The Kier molecular flexibility index (Phi) is 2.05. The molecule has 0 spiro atoms. The molecular formula is C10H6O3S. The lowest BCUT2D eigenvalue weighted by molar-refractivity contribution is 0.112. The zero-order valence-corrected chi connectivity index (χ0v) is 7.88. The van der Waals surface area contributed by atoms with Crippen LogP contribution in [0.4, 0.5) is 0 Å². The maximum absolute atomic E-state index is 11.3. The zero-order valence-electron chi connectivity index (χ0n) is 7.06. The molecule has 0 saturated heterocycles. The van der Waals surface area contributed by atoms with E-state index in [2.05, 4.69) is 0 Å². The lowest BCUT2D eigenvalue weighted by Gasteiger charge is -2.00. The minimum absolute atomic E-state index is 0.159.